The summed E-state index contributed by atoms with van der Waals surface area (Å²) in [6.07, 6.45) is 2.46. The van der Waals surface area contributed by atoms with Crippen LogP contribution in [0.4, 0.5) is 0 Å². The molecule has 1 N–H and O–H groups in total. The Balaban J connectivity index is 1.88. The Labute approximate surface area is 143 Å². The van der Waals surface area contributed by atoms with E-state index in [-0.39, 0.29) is 0 Å². The van der Waals surface area contributed by atoms with Crippen LogP contribution in [0.3, 0.4) is 0 Å². The predicted molar refractivity (Wildman–Crippen MR) is 95.3 cm³/mol. The number of nitrogens with zero attached hydrogens (tertiary/aromatic N) is 5. The van der Waals surface area contributed by atoms with Crippen LogP contribution in [-0.4, -0.2) is 53.4 Å². The fourth-order valence-electron chi connectivity index (χ4n) is 2.47. The van der Waals surface area contributed by atoms with Gasteiger partial charge in [-0.05, 0) is 30.5 Å². The molecule has 7 heteroatoms. The summed E-state index contributed by atoms with van der Waals surface area (Å²) in [4.78, 5) is 10.6. The Morgan fingerprint density at radius 1 is 1.42 bits per heavy atom. The number of aliphatic imine (C=N–C) groups is 1. The maximum Gasteiger partial charge on any atom is 0.193 e. The van der Waals surface area contributed by atoms with Crippen LogP contribution < -0.4 is 10.1 Å². The van der Waals surface area contributed by atoms with Gasteiger partial charge < -0.3 is 15.0 Å². The molecule has 1 aromatic heterocycles. The van der Waals surface area contributed by atoms with Gasteiger partial charge in [0, 0.05) is 27.7 Å². The van der Waals surface area contributed by atoms with Gasteiger partial charge in [-0.15, -0.1) is 0 Å². The minimum atomic E-state index is 0.647. The smallest absolute Gasteiger partial charge is 0.193 e. The molecule has 24 heavy (non-hydrogen) atoms. The standard InChI is InChI=1S/C17H26N6O/c1-13-6-7-14(10-15(13)24-5)8-9-19-17(18-2)22(3)11-16-20-12-21-23(16)4/h6-7,10,12H,8-9,11H2,1-5H3,(H,18,19). The summed E-state index contributed by atoms with van der Waals surface area (Å²) in [5, 5.41) is 7.47. The van der Waals surface area contributed by atoms with Crippen molar-refractivity contribution >= 4 is 5.96 Å². The highest BCUT2D eigenvalue weighted by Crippen LogP contribution is 2.19. The average Bonchev–Trinajstić information content (AvgIpc) is 2.97. The largest absolute Gasteiger partial charge is 0.496 e. The summed E-state index contributed by atoms with van der Waals surface area (Å²) in [7, 11) is 7.36. The number of nitrogens with one attached hydrogen (secondary N) is 1. The van der Waals surface area contributed by atoms with E-state index in [0.717, 1.165) is 36.1 Å². The first-order chi connectivity index (χ1) is 11.5. The van der Waals surface area contributed by atoms with Gasteiger partial charge in [0.2, 0.25) is 0 Å². The maximum absolute atomic E-state index is 5.37. The van der Waals surface area contributed by atoms with Crippen LogP contribution in [0.2, 0.25) is 0 Å². The second-order valence-corrected chi connectivity index (χ2v) is 5.68. The van der Waals surface area contributed by atoms with E-state index < -0.39 is 0 Å². The van der Waals surface area contributed by atoms with Gasteiger partial charge >= 0.3 is 0 Å². The van der Waals surface area contributed by atoms with Crippen molar-refractivity contribution in [3.63, 3.8) is 0 Å². The molecule has 7 nitrogen and oxygen atoms in total. The van der Waals surface area contributed by atoms with Crippen LogP contribution in [-0.2, 0) is 20.0 Å². The number of ether oxygens (including phenoxy) is 1. The maximum atomic E-state index is 5.37. The zero-order valence-corrected chi connectivity index (χ0v) is 15.1. The number of aromatic nitrogens is 3. The lowest BCUT2D eigenvalue weighted by Crippen LogP contribution is -2.39. The van der Waals surface area contributed by atoms with Crippen molar-refractivity contribution in [2.24, 2.45) is 12.0 Å². The van der Waals surface area contributed by atoms with Crippen molar-refractivity contribution in [1.82, 2.24) is 25.0 Å². The highest BCUT2D eigenvalue weighted by molar-refractivity contribution is 5.79. The first kappa shape index (κ1) is 17.8. The lowest BCUT2D eigenvalue weighted by Gasteiger charge is -2.21. The molecule has 0 fully saturated rings. The van der Waals surface area contributed by atoms with E-state index in [1.807, 2.05) is 25.9 Å². The molecule has 2 aromatic rings. The van der Waals surface area contributed by atoms with Crippen molar-refractivity contribution in [3.05, 3.63) is 41.5 Å². The van der Waals surface area contributed by atoms with E-state index >= 15 is 0 Å². The average molecular weight is 330 g/mol. The third-order valence-electron chi connectivity index (χ3n) is 3.93. The van der Waals surface area contributed by atoms with E-state index in [9.17, 15) is 0 Å². The van der Waals surface area contributed by atoms with Gasteiger partial charge in [0.1, 0.15) is 17.9 Å². The summed E-state index contributed by atoms with van der Waals surface area (Å²) in [5.41, 5.74) is 2.38. The number of rotatable bonds is 6. The second-order valence-electron chi connectivity index (χ2n) is 5.68. The first-order valence-corrected chi connectivity index (χ1v) is 7.93. The fourth-order valence-corrected chi connectivity index (χ4v) is 2.47. The molecule has 0 amide bonds. The normalized spacial score (nSPS) is 11.5. The Hall–Kier alpha value is -2.57. The van der Waals surface area contributed by atoms with Gasteiger partial charge in [-0.3, -0.25) is 9.67 Å². The minimum absolute atomic E-state index is 0.647. The quantitative estimate of drug-likeness (QED) is 0.640. The molecule has 0 saturated carbocycles. The number of guanidine groups is 1. The lowest BCUT2D eigenvalue weighted by molar-refractivity contribution is 0.411. The number of hydrogen-bond acceptors (Lipinski definition) is 4. The van der Waals surface area contributed by atoms with Gasteiger partial charge in [-0.1, -0.05) is 12.1 Å². The van der Waals surface area contributed by atoms with Gasteiger partial charge in [0.05, 0.1) is 13.7 Å². The lowest BCUT2D eigenvalue weighted by atomic mass is 10.1. The van der Waals surface area contributed by atoms with Crippen LogP contribution in [0.15, 0.2) is 29.5 Å². The molecule has 0 aliphatic carbocycles. The molecule has 0 atom stereocenters. The summed E-state index contributed by atoms with van der Waals surface area (Å²) >= 11 is 0. The molecule has 0 aliphatic heterocycles. The van der Waals surface area contributed by atoms with E-state index in [2.05, 4.69) is 38.6 Å². The number of benzene rings is 1. The number of methoxy groups -OCH3 is 1. The Morgan fingerprint density at radius 3 is 2.83 bits per heavy atom. The molecule has 0 unspecified atom stereocenters. The van der Waals surface area contributed by atoms with Gasteiger partial charge in [-0.25, -0.2) is 4.98 Å². The van der Waals surface area contributed by atoms with Crippen molar-refractivity contribution in [2.75, 3.05) is 27.7 Å². The summed E-state index contributed by atoms with van der Waals surface area (Å²) < 4.78 is 7.14. The molecule has 1 aromatic carbocycles. The monoisotopic (exact) mass is 330 g/mol. The van der Waals surface area contributed by atoms with Crippen molar-refractivity contribution in [2.45, 2.75) is 19.9 Å². The van der Waals surface area contributed by atoms with Crippen molar-refractivity contribution in [1.29, 1.82) is 0 Å². The summed E-state index contributed by atoms with van der Waals surface area (Å²) in [6, 6.07) is 6.30. The number of hydrogen-bond donors (Lipinski definition) is 1. The Bertz CT molecular complexity index is 694. The molecule has 2 rings (SSSR count). The zero-order chi connectivity index (χ0) is 17.5. The van der Waals surface area contributed by atoms with E-state index in [0.29, 0.717) is 6.54 Å². The van der Waals surface area contributed by atoms with Crippen LogP contribution in [0, 0.1) is 6.92 Å². The Kier molecular flexibility index (Phi) is 6.17. The third kappa shape index (κ3) is 4.47. The minimum Gasteiger partial charge on any atom is -0.496 e. The first-order valence-electron chi connectivity index (χ1n) is 7.93. The second kappa shape index (κ2) is 8.33. The van der Waals surface area contributed by atoms with E-state index in [1.165, 1.54) is 5.56 Å². The molecular formula is C17H26N6O. The molecule has 0 bridgehead atoms. The summed E-state index contributed by atoms with van der Waals surface area (Å²) in [5.74, 6) is 2.65. The topological polar surface area (TPSA) is 67.6 Å². The SMILES string of the molecule is CN=C(NCCc1ccc(C)c(OC)c1)N(C)Cc1ncnn1C. The molecule has 0 saturated heterocycles. The van der Waals surface area contributed by atoms with Gasteiger partial charge in [0.25, 0.3) is 0 Å². The van der Waals surface area contributed by atoms with E-state index in [1.54, 1.807) is 25.2 Å². The third-order valence-corrected chi connectivity index (χ3v) is 3.93. The molecule has 1 heterocycles. The zero-order valence-electron chi connectivity index (χ0n) is 15.1. The molecule has 130 valence electrons. The molecule has 0 radical (unpaired) electrons. The molecule has 0 aliphatic rings. The highest BCUT2D eigenvalue weighted by Gasteiger charge is 2.09. The van der Waals surface area contributed by atoms with Crippen LogP contribution >= 0.6 is 0 Å². The van der Waals surface area contributed by atoms with Gasteiger partial charge in [-0.2, -0.15) is 5.10 Å². The van der Waals surface area contributed by atoms with Gasteiger partial charge in [0.15, 0.2) is 5.96 Å². The van der Waals surface area contributed by atoms with Crippen LogP contribution in [0.5, 0.6) is 5.75 Å². The number of aryl methyl sites for hydroxylation is 2. The predicted octanol–water partition coefficient (Wildman–Crippen LogP) is 1.38. The van der Waals surface area contributed by atoms with Crippen molar-refractivity contribution < 1.29 is 4.74 Å². The van der Waals surface area contributed by atoms with Crippen LogP contribution in [0.1, 0.15) is 17.0 Å². The van der Waals surface area contributed by atoms with Crippen LogP contribution in [0.25, 0.3) is 0 Å². The van der Waals surface area contributed by atoms with Crippen molar-refractivity contribution in [3.8, 4) is 5.75 Å². The Morgan fingerprint density at radius 2 is 2.21 bits per heavy atom. The summed E-state index contributed by atoms with van der Waals surface area (Å²) in [6.45, 7) is 3.49. The highest BCUT2D eigenvalue weighted by atomic mass is 16.5. The van der Waals surface area contributed by atoms with E-state index in [4.69, 9.17) is 4.74 Å². The molecular weight excluding hydrogens is 304 g/mol. The fraction of sp³-hybridized carbons (Fsp3) is 0.471. The molecule has 0 spiro atoms.